The minimum atomic E-state index is 0.109. The molecule has 0 radical (unpaired) electrons. The van der Waals surface area contributed by atoms with Gasteiger partial charge in [0.05, 0.1) is 6.54 Å². The van der Waals surface area contributed by atoms with E-state index in [-0.39, 0.29) is 12.1 Å². The van der Waals surface area contributed by atoms with Gasteiger partial charge in [-0.15, -0.1) is 0 Å². The standard InChI is InChI=1S/C14H20N2OS/c1-2-4-14(5-6-14)10-16-12(17)8-15-13(16)11-3-7-18-9-11/h3,7,9,13,15H,2,4-6,8,10H2,1H3. The summed E-state index contributed by atoms with van der Waals surface area (Å²) in [6, 6.07) is 2.12. The maximum Gasteiger partial charge on any atom is 0.238 e. The van der Waals surface area contributed by atoms with Gasteiger partial charge >= 0.3 is 0 Å². The molecule has 2 fully saturated rings. The summed E-state index contributed by atoms with van der Waals surface area (Å²) in [5.74, 6) is 0.258. The topological polar surface area (TPSA) is 32.3 Å². The first-order valence-corrected chi connectivity index (χ1v) is 7.73. The largest absolute Gasteiger partial charge is 0.321 e. The molecule has 3 nitrogen and oxygen atoms in total. The third-order valence-electron chi connectivity index (χ3n) is 4.18. The molecular weight excluding hydrogens is 244 g/mol. The molecule has 18 heavy (non-hydrogen) atoms. The van der Waals surface area contributed by atoms with Gasteiger partial charge < -0.3 is 4.90 Å². The zero-order valence-corrected chi connectivity index (χ0v) is 11.6. The van der Waals surface area contributed by atoms with Crippen LogP contribution in [0.15, 0.2) is 16.8 Å². The van der Waals surface area contributed by atoms with Crippen molar-refractivity contribution in [3.8, 4) is 0 Å². The second-order valence-electron chi connectivity index (χ2n) is 5.61. The molecule has 1 amide bonds. The lowest BCUT2D eigenvalue weighted by atomic mass is 9.99. The van der Waals surface area contributed by atoms with E-state index in [1.807, 2.05) is 0 Å². The van der Waals surface area contributed by atoms with Crippen molar-refractivity contribution in [3.63, 3.8) is 0 Å². The third-order valence-corrected chi connectivity index (χ3v) is 4.88. The summed E-state index contributed by atoms with van der Waals surface area (Å²) in [7, 11) is 0. The van der Waals surface area contributed by atoms with Crippen LogP contribution in [0.2, 0.25) is 0 Å². The fourth-order valence-corrected chi connectivity index (χ4v) is 3.68. The van der Waals surface area contributed by atoms with Gasteiger partial charge in [-0.25, -0.2) is 0 Å². The van der Waals surface area contributed by atoms with E-state index in [4.69, 9.17) is 0 Å². The Morgan fingerprint density at radius 3 is 3.00 bits per heavy atom. The van der Waals surface area contributed by atoms with Gasteiger partial charge in [0.25, 0.3) is 0 Å². The highest BCUT2D eigenvalue weighted by Gasteiger charge is 2.46. The Bertz CT molecular complexity index is 425. The first kappa shape index (κ1) is 12.2. The molecule has 1 aliphatic carbocycles. The van der Waals surface area contributed by atoms with Crippen molar-refractivity contribution < 1.29 is 4.79 Å². The van der Waals surface area contributed by atoms with Gasteiger partial charge in [-0.1, -0.05) is 13.3 Å². The molecule has 2 heterocycles. The number of hydrogen-bond acceptors (Lipinski definition) is 3. The fraction of sp³-hybridized carbons (Fsp3) is 0.643. The van der Waals surface area contributed by atoms with Crippen LogP contribution < -0.4 is 5.32 Å². The molecule has 0 spiro atoms. The summed E-state index contributed by atoms with van der Waals surface area (Å²) in [6.45, 7) is 3.66. The van der Waals surface area contributed by atoms with Crippen molar-refractivity contribution in [3.05, 3.63) is 22.4 Å². The quantitative estimate of drug-likeness (QED) is 0.887. The van der Waals surface area contributed by atoms with Crippen molar-refractivity contribution in [1.29, 1.82) is 0 Å². The van der Waals surface area contributed by atoms with Crippen LogP contribution in [0.3, 0.4) is 0 Å². The molecule has 1 atom stereocenters. The summed E-state index contributed by atoms with van der Waals surface area (Å²) < 4.78 is 0. The zero-order chi connectivity index (χ0) is 12.6. The number of amides is 1. The number of hydrogen-bond donors (Lipinski definition) is 1. The molecule has 1 aromatic rings. The molecule has 0 bridgehead atoms. The van der Waals surface area contributed by atoms with Crippen LogP contribution in [0.4, 0.5) is 0 Å². The maximum absolute atomic E-state index is 12.1. The van der Waals surface area contributed by atoms with E-state index in [0.717, 1.165) is 6.54 Å². The molecule has 2 aliphatic rings. The highest BCUT2D eigenvalue weighted by Crippen LogP contribution is 2.51. The Balaban J connectivity index is 1.74. The lowest BCUT2D eigenvalue weighted by Crippen LogP contribution is -2.35. The first-order chi connectivity index (χ1) is 8.74. The molecule has 1 aliphatic heterocycles. The van der Waals surface area contributed by atoms with Crippen molar-refractivity contribution >= 4 is 17.2 Å². The average Bonchev–Trinajstić information content (AvgIpc) is 2.77. The molecular formula is C14H20N2OS. The van der Waals surface area contributed by atoms with Gasteiger partial charge in [0.1, 0.15) is 6.17 Å². The second kappa shape index (κ2) is 4.67. The summed E-state index contributed by atoms with van der Waals surface area (Å²) in [4.78, 5) is 14.1. The average molecular weight is 264 g/mol. The minimum Gasteiger partial charge on any atom is -0.321 e. The monoisotopic (exact) mass is 264 g/mol. The molecule has 1 aromatic heterocycles. The molecule has 4 heteroatoms. The molecule has 98 valence electrons. The van der Waals surface area contributed by atoms with E-state index in [2.05, 4.69) is 34.0 Å². The zero-order valence-electron chi connectivity index (χ0n) is 10.8. The van der Waals surface area contributed by atoms with E-state index in [1.165, 1.54) is 31.2 Å². The normalized spacial score (nSPS) is 25.7. The van der Waals surface area contributed by atoms with Crippen LogP contribution >= 0.6 is 11.3 Å². The van der Waals surface area contributed by atoms with Gasteiger partial charge in [-0.3, -0.25) is 10.1 Å². The molecule has 1 N–H and O–H groups in total. The van der Waals surface area contributed by atoms with Gasteiger partial charge in [-0.05, 0) is 47.1 Å². The molecule has 3 rings (SSSR count). The van der Waals surface area contributed by atoms with Crippen LogP contribution in [0.5, 0.6) is 0 Å². The van der Waals surface area contributed by atoms with Crippen LogP contribution in [0.25, 0.3) is 0 Å². The Kier molecular flexibility index (Phi) is 3.16. The summed E-state index contributed by atoms with van der Waals surface area (Å²) in [5, 5.41) is 7.56. The predicted molar refractivity (Wildman–Crippen MR) is 73.4 cm³/mol. The maximum atomic E-state index is 12.1. The van der Waals surface area contributed by atoms with E-state index in [9.17, 15) is 4.79 Å². The van der Waals surface area contributed by atoms with E-state index < -0.39 is 0 Å². The van der Waals surface area contributed by atoms with Gasteiger partial charge in [0, 0.05) is 6.54 Å². The number of nitrogens with zero attached hydrogens (tertiary/aromatic N) is 1. The van der Waals surface area contributed by atoms with Crippen LogP contribution in [-0.4, -0.2) is 23.9 Å². The van der Waals surface area contributed by atoms with Crippen molar-refractivity contribution in [2.75, 3.05) is 13.1 Å². The van der Waals surface area contributed by atoms with E-state index >= 15 is 0 Å². The number of thiophene rings is 1. The number of rotatable bonds is 5. The lowest BCUT2D eigenvalue weighted by Gasteiger charge is -2.28. The Hall–Kier alpha value is -0.870. The van der Waals surface area contributed by atoms with Gasteiger partial charge in [0.15, 0.2) is 0 Å². The smallest absolute Gasteiger partial charge is 0.238 e. The summed E-state index contributed by atoms with van der Waals surface area (Å²) in [5.41, 5.74) is 1.67. The Morgan fingerprint density at radius 2 is 2.39 bits per heavy atom. The van der Waals surface area contributed by atoms with Gasteiger partial charge in [0.2, 0.25) is 5.91 Å². The van der Waals surface area contributed by atoms with Crippen LogP contribution in [0, 0.1) is 5.41 Å². The SMILES string of the molecule is CCCC1(CN2C(=O)CNC2c2ccsc2)CC1. The third kappa shape index (κ3) is 2.19. The number of carbonyl (C=O) groups is 1. The van der Waals surface area contributed by atoms with Crippen molar-refractivity contribution in [2.24, 2.45) is 5.41 Å². The summed E-state index contributed by atoms with van der Waals surface area (Å²) in [6.07, 6.45) is 5.17. The van der Waals surface area contributed by atoms with E-state index in [0.29, 0.717) is 12.0 Å². The molecule has 1 saturated heterocycles. The number of nitrogens with one attached hydrogen (secondary N) is 1. The van der Waals surface area contributed by atoms with E-state index in [1.54, 1.807) is 11.3 Å². The first-order valence-electron chi connectivity index (χ1n) is 6.79. The molecule has 1 saturated carbocycles. The van der Waals surface area contributed by atoms with Crippen LogP contribution in [-0.2, 0) is 4.79 Å². The highest BCUT2D eigenvalue weighted by atomic mass is 32.1. The minimum absolute atomic E-state index is 0.109. The predicted octanol–water partition coefficient (Wildman–Crippen LogP) is 2.76. The summed E-state index contributed by atoms with van der Waals surface area (Å²) >= 11 is 1.70. The fourth-order valence-electron chi connectivity index (χ4n) is 3.00. The van der Waals surface area contributed by atoms with Gasteiger partial charge in [-0.2, -0.15) is 11.3 Å². The Morgan fingerprint density at radius 1 is 1.56 bits per heavy atom. The molecule has 1 unspecified atom stereocenters. The molecule has 0 aromatic carbocycles. The number of carbonyl (C=O) groups excluding carboxylic acids is 1. The highest BCUT2D eigenvalue weighted by molar-refractivity contribution is 7.07. The lowest BCUT2D eigenvalue weighted by molar-refractivity contribution is -0.129. The van der Waals surface area contributed by atoms with Crippen LogP contribution in [0.1, 0.15) is 44.3 Å². The van der Waals surface area contributed by atoms with Crippen molar-refractivity contribution in [2.45, 2.75) is 38.8 Å². The second-order valence-corrected chi connectivity index (χ2v) is 6.39. The van der Waals surface area contributed by atoms with Crippen molar-refractivity contribution in [1.82, 2.24) is 10.2 Å². The Labute approximate surface area is 112 Å².